The van der Waals surface area contributed by atoms with Crippen LogP contribution in [0.4, 0.5) is 4.79 Å². The number of likely N-dealkylation sites (tertiary alicyclic amines) is 1. The van der Waals surface area contributed by atoms with E-state index in [1.807, 2.05) is 26.8 Å². The lowest BCUT2D eigenvalue weighted by atomic mass is 9.98. The lowest BCUT2D eigenvalue weighted by molar-refractivity contribution is 0.0287. The molecule has 1 saturated heterocycles. The van der Waals surface area contributed by atoms with Crippen LogP contribution in [0.3, 0.4) is 0 Å². The van der Waals surface area contributed by atoms with E-state index in [0.717, 1.165) is 13.0 Å². The highest BCUT2D eigenvalue weighted by Crippen LogP contribution is 2.26. The van der Waals surface area contributed by atoms with Gasteiger partial charge in [0.05, 0.1) is 19.3 Å². The van der Waals surface area contributed by atoms with Crippen LogP contribution in [0.2, 0.25) is 0 Å². The number of amides is 1. The van der Waals surface area contributed by atoms with E-state index in [2.05, 4.69) is 23.5 Å². The number of nitrogens with zero attached hydrogens (tertiary/aromatic N) is 1. The van der Waals surface area contributed by atoms with Gasteiger partial charge in [-0.1, -0.05) is 24.3 Å². The molecule has 0 bridgehead atoms. The molecule has 0 aromatic heterocycles. The van der Waals surface area contributed by atoms with Crippen LogP contribution < -0.4 is 5.32 Å². The van der Waals surface area contributed by atoms with Crippen LogP contribution >= 0.6 is 0 Å². The number of rotatable bonds is 2. The predicted octanol–water partition coefficient (Wildman–Crippen LogP) is 2.86. The van der Waals surface area contributed by atoms with Crippen LogP contribution in [0.25, 0.3) is 0 Å². The molecule has 23 heavy (non-hydrogen) atoms. The molecule has 2 heterocycles. The maximum absolute atomic E-state index is 12.1. The number of carbonyl (C=O) groups is 1. The van der Waals surface area contributed by atoms with Gasteiger partial charge >= 0.3 is 6.09 Å². The fourth-order valence-electron chi connectivity index (χ4n) is 3.19. The summed E-state index contributed by atoms with van der Waals surface area (Å²) in [6.07, 6.45) is 0.722. The van der Waals surface area contributed by atoms with Crippen molar-refractivity contribution in [3.05, 3.63) is 35.4 Å². The lowest BCUT2D eigenvalue weighted by Gasteiger charge is -2.29. The Hall–Kier alpha value is -1.59. The van der Waals surface area contributed by atoms with Crippen molar-refractivity contribution in [1.82, 2.24) is 10.2 Å². The lowest BCUT2D eigenvalue weighted by Crippen LogP contribution is -2.41. The molecule has 5 nitrogen and oxygen atoms in total. The second-order valence-electron chi connectivity index (χ2n) is 7.35. The van der Waals surface area contributed by atoms with Crippen LogP contribution in [-0.4, -0.2) is 42.3 Å². The summed E-state index contributed by atoms with van der Waals surface area (Å²) < 4.78 is 11.1. The van der Waals surface area contributed by atoms with Gasteiger partial charge in [-0.2, -0.15) is 0 Å². The summed E-state index contributed by atoms with van der Waals surface area (Å²) in [5, 5.41) is 3.65. The van der Waals surface area contributed by atoms with Crippen molar-refractivity contribution in [2.45, 2.75) is 51.5 Å². The zero-order valence-corrected chi connectivity index (χ0v) is 14.2. The van der Waals surface area contributed by atoms with Gasteiger partial charge in [-0.15, -0.1) is 0 Å². The van der Waals surface area contributed by atoms with Crippen LogP contribution in [-0.2, 0) is 16.1 Å². The summed E-state index contributed by atoms with van der Waals surface area (Å²) in [5.74, 6) is 0. The number of hydrogen-bond acceptors (Lipinski definition) is 4. The average Bonchev–Trinajstić information content (AvgIpc) is 2.95. The van der Waals surface area contributed by atoms with E-state index in [1.54, 1.807) is 4.90 Å². The molecule has 1 amide bonds. The van der Waals surface area contributed by atoms with Gasteiger partial charge in [0.25, 0.3) is 0 Å². The van der Waals surface area contributed by atoms with E-state index >= 15 is 0 Å². The second-order valence-corrected chi connectivity index (χ2v) is 7.35. The van der Waals surface area contributed by atoms with Crippen molar-refractivity contribution in [3.8, 4) is 0 Å². The van der Waals surface area contributed by atoms with Crippen molar-refractivity contribution in [3.63, 3.8) is 0 Å². The summed E-state index contributed by atoms with van der Waals surface area (Å²) in [5.41, 5.74) is 2.12. The van der Waals surface area contributed by atoms with E-state index in [9.17, 15) is 4.79 Å². The van der Waals surface area contributed by atoms with Gasteiger partial charge in [-0.25, -0.2) is 4.79 Å². The molecule has 1 N–H and O–H groups in total. The standard InChI is InChI=1S/C18H26N2O3/c1-18(2,3)23-17(21)20-9-8-14(10-20)19-16-12-22-11-13-6-4-5-7-15(13)16/h4-7,14,16,19H,8-12H2,1-3H3. The molecule has 2 aliphatic heterocycles. The third-order valence-electron chi connectivity index (χ3n) is 4.25. The van der Waals surface area contributed by atoms with Gasteiger partial charge in [0.1, 0.15) is 5.60 Å². The smallest absolute Gasteiger partial charge is 0.410 e. The normalized spacial score (nSPS) is 24.4. The molecule has 0 radical (unpaired) electrons. The Balaban J connectivity index is 1.58. The molecule has 1 aromatic rings. The Kier molecular flexibility index (Phi) is 4.60. The first kappa shape index (κ1) is 16.3. The maximum Gasteiger partial charge on any atom is 0.410 e. The molecule has 1 aromatic carbocycles. The number of ether oxygens (including phenoxy) is 2. The fourth-order valence-corrected chi connectivity index (χ4v) is 3.19. The molecular formula is C18H26N2O3. The predicted molar refractivity (Wildman–Crippen MR) is 88.2 cm³/mol. The molecule has 3 rings (SSSR count). The Morgan fingerprint density at radius 2 is 2.13 bits per heavy atom. The number of carbonyl (C=O) groups excluding carboxylic acids is 1. The molecule has 0 aliphatic carbocycles. The Morgan fingerprint density at radius 3 is 2.91 bits per heavy atom. The molecule has 126 valence electrons. The van der Waals surface area contributed by atoms with Gasteiger partial charge in [0.15, 0.2) is 0 Å². The number of fused-ring (bicyclic) bond motifs is 1. The van der Waals surface area contributed by atoms with E-state index in [-0.39, 0.29) is 18.2 Å². The first-order valence-electron chi connectivity index (χ1n) is 8.32. The minimum absolute atomic E-state index is 0.198. The third-order valence-corrected chi connectivity index (χ3v) is 4.25. The monoisotopic (exact) mass is 318 g/mol. The van der Waals surface area contributed by atoms with Gasteiger partial charge in [-0.05, 0) is 38.3 Å². The summed E-state index contributed by atoms with van der Waals surface area (Å²) in [4.78, 5) is 13.9. The second kappa shape index (κ2) is 6.49. The first-order chi connectivity index (χ1) is 10.9. The number of nitrogens with one attached hydrogen (secondary N) is 1. The van der Waals surface area contributed by atoms with Crippen LogP contribution in [0.5, 0.6) is 0 Å². The van der Waals surface area contributed by atoms with Crippen LogP contribution in [0, 0.1) is 0 Å². The summed E-state index contributed by atoms with van der Waals surface area (Å²) >= 11 is 0. The van der Waals surface area contributed by atoms with Crippen LogP contribution in [0.15, 0.2) is 24.3 Å². The zero-order chi connectivity index (χ0) is 16.4. The van der Waals surface area contributed by atoms with Crippen molar-refractivity contribution >= 4 is 6.09 Å². The average molecular weight is 318 g/mol. The zero-order valence-electron chi connectivity index (χ0n) is 14.2. The number of hydrogen-bond donors (Lipinski definition) is 1. The molecular weight excluding hydrogens is 292 g/mol. The molecule has 2 unspecified atom stereocenters. The van der Waals surface area contributed by atoms with Crippen LogP contribution in [0.1, 0.15) is 44.4 Å². The van der Waals surface area contributed by atoms with E-state index in [4.69, 9.17) is 9.47 Å². The van der Waals surface area contributed by atoms with E-state index in [0.29, 0.717) is 19.8 Å². The highest BCUT2D eigenvalue weighted by Gasteiger charge is 2.32. The third kappa shape index (κ3) is 4.03. The topological polar surface area (TPSA) is 50.8 Å². The summed E-state index contributed by atoms with van der Waals surface area (Å²) in [6, 6.07) is 8.87. The largest absolute Gasteiger partial charge is 0.444 e. The quantitative estimate of drug-likeness (QED) is 0.911. The molecule has 5 heteroatoms. The maximum atomic E-state index is 12.1. The molecule has 2 atom stereocenters. The van der Waals surface area contributed by atoms with Crippen molar-refractivity contribution in [1.29, 1.82) is 0 Å². The fraction of sp³-hybridized carbons (Fsp3) is 0.611. The molecule has 1 fully saturated rings. The Morgan fingerprint density at radius 1 is 1.35 bits per heavy atom. The van der Waals surface area contributed by atoms with Gasteiger partial charge < -0.3 is 19.7 Å². The Labute approximate surface area is 137 Å². The van der Waals surface area contributed by atoms with E-state index < -0.39 is 5.60 Å². The van der Waals surface area contributed by atoms with Crippen molar-refractivity contribution < 1.29 is 14.3 Å². The van der Waals surface area contributed by atoms with Crippen molar-refractivity contribution in [2.24, 2.45) is 0 Å². The van der Waals surface area contributed by atoms with Crippen molar-refractivity contribution in [2.75, 3.05) is 19.7 Å². The SMILES string of the molecule is CC(C)(C)OC(=O)N1CCC(NC2COCc3ccccc32)C1. The van der Waals surface area contributed by atoms with E-state index in [1.165, 1.54) is 11.1 Å². The first-order valence-corrected chi connectivity index (χ1v) is 8.32. The molecule has 2 aliphatic rings. The van der Waals surface area contributed by atoms with Gasteiger partial charge in [0, 0.05) is 19.1 Å². The molecule has 0 saturated carbocycles. The molecule has 0 spiro atoms. The highest BCUT2D eigenvalue weighted by molar-refractivity contribution is 5.68. The Bertz CT molecular complexity index is 568. The summed E-state index contributed by atoms with van der Waals surface area (Å²) in [6.45, 7) is 8.48. The summed E-state index contributed by atoms with van der Waals surface area (Å²) in [7, 11) is 0. The minimum Gasteiger partial charge on any atom is -0.444 e. The van der Waals surface area contributed by atoms with Gasteiger partial charge in [-0.3, -0.25) is 0 Å². The minimum atomic E-state index is -0.446. The number of benzene rings is 1. The highest BCUT2D eigenvalue weighted by atomic mass is 16.6. The van der Waals surface area contributed by atoms with Gasteiger partial charge in [0.2, 0.25) is 0 Å².